The summed E-state index contributed by atoms with van der Waals surface area (Å²) >= 11 is 0. The van der Waals surface area contributed by atoms with Crippen LogP contribution in [-0.2, 0) is 4.74 Å². The molecule has 0 bridgehead atoms. The quantitative estimate of drug-likeness (QED) is 0.923. The first-order valence-corrected chi connectivity index (χ1v) is 7.65. The number of hydrogen-bond donors (Lipinski definition) is 1. The van der Waals surface area contributed by atoms with E-state index in [-0.39, 0.29) is 17.3 Å². The van der Waals surface area contributed by atoms with Gasteiger partial charge in [-0.05, 0) is 24.3 Å². The number of carbonyl (C=O) groups is 2. The number of morpholine rings is 1. The Morgan fingerprint density at radius 3 is 2.28 bits per heavy atom. The van der Waals surface area contributed by atoms with E-state index < -0.39 is 23.2 Å². The second kappa shape index (κ2) is 7.35. The Labute approximate surface area is 142 Å². The monoisotopic (exact) mass is 347 g/mol. The lowest BCUT2D eigenvalue weighted by atomic mass is 10.2. The third-order valence-electron chi connectivity index (χ3n) is 3.70. The predicted molar refractivity (Wildman–Crippen MR) is 85.3 cm³/mol. The number of aromatic nitrogens is 1. The summed E-state index contributed by atoms with van der Waals surface area (Å²) in [5.74, 6) is -2.92. The van der Waals surface area contributed by atoms with E-state index in [1.165, 1.54) is 24.3 Å². The molecule has 0 spiro atoms. The molecule has 1 saturated heterocycles. The minimum Gasteiger partial charge on any atom is -0.378 e. The van der Waals surface area contributed by atoms with E-state index in [1.807, 2.05) is 0 Å². The van der Waals surface area contributed by atoms with Gasteiger partial charge < -0.3 is 15.0 Å². The number of hydrogen-bond acceptors (Lipinski definition) is 4. The molecule has 2 heterocycles. The van der Waals surface area contributed by atoms with Gasteiger partial charge in [0.05, 0.1) is 13.2 Å². The zero-order valence-electron chi connectivity index (χ0n) is 13.2. The average Bonchev–Trinajstić information content (AvgIpc) is 2.65. The molecule has 0 atom stereocenters. The highest BCUT2D eigenvalue weighted by molar-refractivity contribution is 6.04. The molecule has 1 N–H and O–H groups in total. The van der Waals surface area contributed by atoms with Crippen LogP contribution in [0, 0.1) is 11.6 Å². The normalized spacial score (nSPS) is 14.2. The molecular formula is C17H15F2N3O3. The standard InChI is InChI=1S/C17H15F2N3O3/c18-11-3-1-4-12(19)15(11)21-16(23)13-5-2-6-14(20-13)17(24)22-7-9-25-10-8-22/h1-6H,7-10H2,(H,21,23). The van der Waals surface area contributed by atoms with Crippen LogP contribution in [0.15, 0.2) is 36.4 Å². The number of benzene rings is 1. The number of halogens is 2. The van der Waals surface area contributed by atoms with Crippen molar-refractivity contribution in [2.75, 3.05) is 31.6 Å². The van der Waals surface area contributed by atoms with Gasteiger partial charge in [-0.15, -0.1) is 0 Å². The molecule has 6 nitrogen and oxygen atoms in total. The number of nitrogens with zero attached hydrogens (tertiary/aromatic N) is 2. The lowest BCUT2D eigenvalue weighted by molar-refractivity contribution is 0.0299. The first kappa shape index (κ1) is 17.0. The summed E-state index contributed by atoms with van der Waals surface area (Å²) in [5, 5.41) is 2.14. The summed E-state index contributed by atoms with van der Waals surface area (Å²) in [5.41, 5.74) is -0.579. The molecule has 1 aliphatic heterocycles. The molecule has 1 aliphatic rings. The average molecular weight is 347 g/mol. The summed E-state index contributed by atoms with van der Waals surface area (Å²) in [6.45, 7) is 1.77. The van der Waals surface area contributed by atoms with Crippen molar-refractivity contribution in [2.24, 2.45) is 0 Å². The van der Waals surface area contributed by atoms with Gasteiger partial charge in [-0.3, -0.25) is 9.59 Å². The zero-order valence-corrected chi connectivity index (χ0v) is 13.2. The van der Waals surface area contributed by atoms with E-state index in [2.05, 4.69) is 10.3 Å². The highest BCUT2D eigenvalue weighted by Gasteiger charge is 2.21. The van der Waals surface area contributed by atoms with Crippen molar-refractivity contribution < 1.29 is 23.1 Å². The molecule has 2 amide bonds. The van der Waals surface area contributed by atoms with E-state index in [0.717, 1.165) is 12.1 Å². The minimum absolute atomic E-state index is 0.0866. The summed E-state index contributed by atoms with van der Waals surface area (Å²) in [7, 11) is 0. The van der Waals surface area contributed by atoms with Crippen LogP contribution in [0.2, 0.25) is 0 Å². The first-order valence-electron chi connectivity index (χ1n) is 7.65. The molecule has 0 unspecified atom stereocenters. The fraction of sp³-hybridized carbons (Fsp3) is 0.235. The number of rotatable bonds is 3. The molecular weight excluding hydrogens is 332 g/mol. The fourth-order valence-corrected chi connectivity index (χ4v) is 2.40. The van der Waals surface area contributed by atoms with Crippen LogP contribution in [0.25, 0.3) is 0 Å². The van der Waals surface area contributed by atoms with Crippen LogP contribution >= 0.6 is 0 Å². The van der Waals surface area contributed by atoms with Crippen molar-refractivity contribution in [3.05, 3.63) is 59.4 Å². The Morgan fingerprint density at radius 1 is 1.00 bits per heavy atom. The first-order chi connectivity index (χ1) is 12.1. The number of ether oxygens (including phenoxy) is 1. The van der Waals surface area contributed by atoms with Crippen molar-refractivity contribution in [3.8, 4) is 0 Å². The van der Waals surface area contributed by atoms with Crippen molar-refractivity contribution >= 4 is 17.5 Å². The van der Waals surface area contributed by atoms with E-state index in [4.69, 9.17) is 4.74 Å². The van der Waals surface area contributed by atoms with E-state index in [9.17, 15) is 18.4 Å². The smallest absolute Gasteiger partial charge is 0.274 e. The van der Waals surface area contributed by atoms with Gasteiger partial charge in [0.1, 0.15) is 28.7 Å². The molecule has 2 aromatic rings. The Balaban J connectivity index is 1.78. The Bertz CT molecular complexity index is 787. The molecule has 3 rings (SSSR count). The van der Waals surface area contributed by atoms with E-state index in [1.54, 1.807) is 4.90 Å². The Morgan fingerprint density at radius 2 is 1.60 bits per heavy atom. The predicted octanol–water partition coefficient (Wildman–Crippen LogP) is 2.08. The van der Waals surface area contributed by atoms with Gasteiger partial charge in [0.15, 0.2) is 0 Å². The van der Waals surface area contributed by atoms with Crippen LogP contribution in [0.5, 0.6) is 0 Å². The number of para-hydroxylation sites is 1. The van der Waals surface area contributed by atoms with Gasteiger partial charge in [-0.2, -0.15) is 0 Å². The van der Waals surface area contributed by atoms with Crippen molar-refractivity contribution in [2.45, 2.75) is 0 Å². The maximum atomic E-state index is 13.6. The Hall–Kier alpha value is -2.87. The highest BCUT2D eigenvalue weighted by Crippen LogP contribution is 2.18. The summed E-state index contributed by atoms with van der Waals surface area (Å²) in [6, 6.07) is 7.60. The second-order valence-electron chi connectivity index (χ2n) is 5.36. The summed E-state index contributed by atoms with van der Waals surface area (Å²) in [6.07, 6.45) is 0. The molecule has 25 heavy (non-hydrogen) atoms. The molecule has 1 aromatic heterocycles. The minimum atomic E-state index is -0.895. The molecule has 130 valence electrons. The summed E-state index contributed by atoms with van der Waals surface area (Å²) in [4.78, 5) is 30.2. The number of anilines is 1. The SMILES string of the molecule is O=C(Nc1c(F)cccc1F)c1cccc(C(=O)N2CCOCC2)n1. The molecule has 0 saturated carbocycles. The number of nitrogens with one attached hydrogen (secondary N) is 1. The van der Waals surface area contributed by atoms with Gasteiger partial charge in [-0.25, -0.2) is 13.8 Å². The molecule has 0 radical (unpaired) electrons. The van der Waals surface area contributed by atoms with E-state index >= 15 is 0 Å². The van der Waals surface area contributed by atoms with Crippen LogP contribution in [0.1, 0.15) is 21.0 Å². The van der Waals surface area contributed by atoms with Gasteiger partial charge in [-0.1, -0.05) is 12.1 Å². The van der Waals surface area contributed by atoms with Gasteiger partial charge >= 0.3 is 0 Å². The van der Waals surface area contributed by atoms with Crippen LogP contribution in [0.4, 0.5) is 14.5 Å². The largest absolute Gasteiger partial charge is 0.378 e. The van der Waals surface area contributed by atoms with E-state index in [0.29, 0.717) is 26.3 Å². The van der Waals surface area contributed by atoms with Crippen molar-refractivity contribution in [3.63, 3.8) is 0 Å². The Kier molecular flexibility index (Phi) is 4.99. The zero-order chi connectivity index (χ0) is 17.8. The lowest BCUT2D eigenvalue weighted by Crippen LogP contribution is -2.41. The summed E-state index contributed by atoms with van der Waals surface area (Å²) < 4.78 is 32.4. The van der Waals surface area contributed by atoms with Gasteiger partial charge in [0.2, 0.25) is 0 Å². The number of amides is 2. The molecule has 1 aromatic carbocycles. The second-order valence-corrected chi connectivity index (χ2v) is 5.36. The van der Waals surface area contributed by atoms with Crippen molar-refractivity contribution in [1.82, 2.24) is 9.88 Å². The molecule has 0 aliphatic carbocycles. The topological polar surface area (TPSA) is 71.5 Å². The van der Waals surface area contributed by atoms with Gasteiger partial charge in [0.25, 0.3) is 11.8 Å². The fourth-order valence-electron chi connectivity index (χ4n) is 2.40. The van der Waals surface area contributed by atoms with Gasteiger partial charge in [0, 0.05) is 13.1 Å². The molecule has 1 fully saturated rings. The lowest BCUT2D eigenvalue weighted by Gasteiger charge is -2.26. The maximum absolute atomic E-state index is 13.6. The van der Waals surface area contributed by atoms with Crippen LogP contribution in [-0.4, -0.2) is 48.0 Å². The number of carbonyl (C=O) groups excluding carboxylic acids is 2. The molecule has 8 heteroatoms. The number of pyridine rings is 1. The van der Waals surface area contributed by atoms with Crippen LogP contribution in [0.3, 0.4) is 0 Å². The van der Waals surface area contributed by atoms with Crippen LogP contribution < -0.4 is 5.32 Å². The third-order valence-corrected chi connectivity index (χ3v) is 3.70. The van der Waals surface area contributed by atoms with Crippen molar-refractivity contribution in [1.29, 1.82) is 0 Å². The third kappa shape index (κ3) is 3.80. The maximum Gasteiger partial charge on any atom is 0.274 e. The highest BCUT2D eigenvalue weighted by atomic mass is 19.1.